The highest BCUT2D eigenvalue weighted by Crippen LogP contribution is 2.52. The number of pyridine rings is 1. The van der Waals surface area contributed by atoms with Gasteiger partial charge in [0.15, 0.2) is 0 Å². The lowest BCUT2D eigenvalue weighted by Crippen LogP contribution is -1.92. The van der Waals surface area contributed by atoms with E-state index < -0.39 is 0 Å². The van der Waals surface area contributed by atoms with E-state index in [-0.39, 0.29) is 0 Å². The molecule has 0 fully saturated rings. The summed E-state index contributed by atoms with van der Waals surface area (Å²) < 4.78 is 10.7. The van der Waals surface area contributed by atoms with Crippen LogP contribution in [0.3, 0.4) is 0 Å². The molecule has 0 atom stereocenters. The first-order valence-corrected chi connectivity index (χ1v) is 9.27. The van der Waals surface area contributed by atoms with E-state index in [0.717, 1.165) is 49.8 Å². The Kier molecular flexibility index (Phi) is 3.95. The first-order chi connectivity index (χ1) is 14.2. The molecule has 0 unspecified atom stereocenters. The summed E-state index contributed by atoms with van der Waals surface area (Å²) in [6.07, 6.45) is 0. The fourth-order valence-corrected chi connectivity index (χ4v) is 4.05. The number of nitrogens with one attached hydrogen (secondary N) is 1. The molecule has 2 aliphatic rings. The average molecular weight is 382 g/mol. The molecule has 0 radical (unpaired) electrons. The maximum atomic E-state index is 12.0. The number of methoxy groups -OCH3 is 2. The largest absolute Gasteiger partial charge is 0.497 e. The van der Waals surface area contributed by atoms with Gasteiger partial charge in [-0.2, -0.15) is 0 Å². The van der Waals surface area contributed by atoms with Crippen LogP contribution in [0.4, 0.5) is 5.69 Å². The Hall–Kier alpha value is -3.86. The van der Waals surface area contributed by atoms with Gasteiger partial charge in [0.1, 0.15) is 17.2 Å². The molecule has 0 spiro atoms. The van der Waals surface area contributed by atoms with Crippen LogP contribution in [0.5, 0.6) is 11.5 Å². The zero-order valence-corrected chi connectivity index (χ0v) is 16.0. The quantitative estimate of drug-likeness (QED) is 0.360. The number of nitrogens with zero attached hydrogens (tertiary/aromatic N) is 1. The number of hydrogen-bond acceptors (Lipinski definition) is 4. The van der Waals surface area contributed by atoms with Gasteiger partial charge in [-0.3, -0.25) is 0 Å². The van der Waals surface area contributed by atoms with Gasteiger partial charge in [0.05, 0.1) is 19.9 Å². The first kappa shape index (κ1) is 17.3. The van der Waals surface area contributed by atoms with Crippen LogP contribution in [0.2, 0.25) is 0 Å². The monoisotopic (exact) mass is 382 g/mol. The SMILES string of the molecule is COc1ccc(-c2[nH]c3ccccc3c3c(N=O)c4cc(OC)ccc4c2-3)cc1. The maximum Gasteiger partial charge on any atom is 0.124 e. The molecule has 5 heteroatoms. The summed E-state index contributed by atoms with van der Waals surface area (Å²) in [4.78, 5) is 15.5. The van der Waals surface area contributed by atoms with Gasteiger partial charge in [0.2, 0.25) is 0 Å². The predicted molar refractivity (Wildman–Crippen MR) is 116 cm³/mol. The number of hydrogen-bond donors (Lipinski definition) is 1. The Morgan fingerprint density at radius 1 is 0.759 bits per heavy atom. The number of fused-ring (bicyclic) bond motifs is 5. The normalized spacial score (nSPS) is 11.2. The smallest absolute Gasteiger partial charge is 0.124 e. The average Bonchev–Trinajstić information content (AvgIpc) is 3.12. The Morgan fingerprint density at radius 2 is 1.48 bits per heavy atom. The molecule has 5 rings (SSSR count). The van der Waals surface area contributed by atoms with Gasteiger partial charge in [-0.1, -0.05) is 18.2 Å². The molecular formula is C24H18N2O3. The van der Waals surface area contributed by atoms with Crippen molar-refractivity contribution in [3.8, 4) is 33.9 Å². The predicted octanol–water partition coefficient (Wildman–Crippen LogP) is 6.51. The molecule has 1 aliphatic heterocycles. The maximum absolute atomic E-state index is 12.0. The lowest BCUT2D eigenvalue weighted by molar-refractivity contribution is 0.415. The van der Waals surface area contributed by atoms with Crippen molar-refractivity contribution in [2.75, 3.05) is 14.2 Å². The highest BCUT2D eigenvalue weighted by Gasteiger charge is 2.26. The summed E-state index contributed by atoms with van der Waals surface area (Å²) >= 11 is 0. The van der Waals surface area contributed by atoms with E-state index in [2.05, 4.69) is 10.2 Å². The number of H-pyrrole nitrogens is 1. The van der Waals surface area contributed by atoms with Crippen molar-refractivity contribution in [2.24, 2.45) is 5.18 Å². The van der Waals surface area contributed by atoms with E-state index in [9.17, 15) is 4.91 Å². The lowest BCUT2D eigenvalue weighted by atomic mass is 9.96. The summed E-state index contributed by atoms with van der Waals surface area (Å²) in [5, 5.41) is 6.14. The number of rotatable bonds is 4. The molecule has 3 aromatic carbocycles. The van der Waals surface area contributed by atoms with E-state index in [4.69, 9.17) is 9.47 Å². The van der Waals surface area contributed by atoms with Crippen molar-refractivity contribution >= 4 is 27.4 Å². The third-order valence-electron chi connectivity index (χ3n) is 5.41. The summed E-state index contributed by atoms with van der Waals surface area (Å²) in [5.41, 5.74) is 5.14. The van der Waals surface area contributed by atoms with Gasteiger partial charge in [0, 0.05) is 27.4 Å². The van der Waals surface area contributed by atoms with E-state index >= 15 is 0 Å². The second-order valence-electron chi connectivity index (χ2n) is 6.88. The molecule has 3 aromatic rings. The number of aromatic nitrogens is 1. The number of ether oxygens (including phenoxy) is 2. The summed E-state index contributed by atoms with van der Waals surface area (Å²) in [6, 6.07) is 21.6. The van der Waals surface area contributed by atoms with Gasteiger partial charge in [-0.25, -0.2) is 0 Å². The molecule has 142 valence electrons. The lowest BCUT2D eigenvalue weighted by Gasteiger charge is -2.14. The Bertz CT molecular complexity index is 1340. The highest BCUT2D eigenvalue weighted by molar-refractivity contribution is 6.22. The molecule has 5 nitrogen and oxygen atoms in total. The van der Waals surface area contributed by atoms with Gasteiger partial charge in [-0.05, 0) is 64.7 Å². The number of benzene rings is 3. The molecule has 0 aromatic heterocycles. The van der Waals surface area contributed by atoms with Gasteiger partial charge >= 0.3 is 0 Å². The number of aromatic amines is 1. The number of nitroso groups, excluding NO2 is 1. The van der Waals surface area contributed by atoms with Crippen molar-refractivity contribution in [1.29, 1.82) is 0 Å². The van der Waals surface area contributed by atoms with E-state index in [1.807, 2.05) is 66.7 Å². The van der Waals surface area contributed by atoms with Crippen LogP contribution < -0.4 is 9.47 Å². The van der Waals surface area contributed by atoms with Crippen molar-refractivity contribution in [3.63, 3.8) is 0 Å². The molecule has 0 amide bonds. The summed E-state index contributed by atoms with van der Waals surface area (Å²) in [5.74, 6) is 1.48. The molecule has 1 heterocycles. The topological polar surface area (TPSA) is 63.7 Å². The Morgan fingerprint density at radius 3 is 2.21 bits per heavy atom. The van der Waals surface area contributed by atoms with Crippen LogP contribution in [0.15, 0.2) is 71.9 Å². The third-order valence-corrected chi connectivity index (χ3v) is 5.41. The van der Waals surface area contributed by atoms with Crippen LogP contribution in [-0.2, 0) is 0 Å². The number of para-hydroxylation sites is 1. The van der Waals surface area contributed by atoms with Crippen LogP contribution in [0, 0.1) is 4.91 Å². The van der Waals surface area contributed by atoms with Crippen LogP contribution in [-0.4, -0.2) is 19.2 Å². The standard InChI is InChI=1S/C24H18N2O3/c1-28-15-9-7-14(8-10-15)23-21-17-12-11-16(29-2)13-19(17)24(26-27)22(21)18-5-3-4-6-20(18)25-23/h3-13,25H,1-2H3. The minimum absolute atomic E-state index is 0.439. The fraction of sp³-hybridized carbons (Fsp3) is 0.0833. The van der Waals surface area contributed by atoms with Crippen molar-refractivity contribution in [1.82, 2.24) is 4.98 Å². The molecule has 0 saturated carbocycles. The minimum Gasteiger partial charge on any atom is -0.497 e. The van der Waals surface area contributed by atoms with Crippen molar-refractivity contribution in [3.05, 3.63) is 71.6 Å². The van der Waals surface area contributed by atoms with E-state index in [1.165, 1.54) is 0 Å². The van der Waals surface area contributed by atoms with Crippen molar-refractivity contribution in [2.45, 2.75) is 0 Å². The Labute approximate surface area is 167 Å². The zero-order chi connectivity index (χ0) is 20.0. The summed E-state index contributed by atoms with van der Waals surface area (Å²) in [6.45, 7) is 0. The molecule has 0 saturated heterocycles. The minimum atomic E-state index is 0.439. The van der Waals surface area contributed by atoms with Gasteiger partial charge in [-0.15, -0.1) is 4.91 Å². The molecule has 0 bridgehead atoms. The third kappa shape index (κ3) is 2.55. The molecule has 1 aliphatic carbocycles. The van der Waals surface area contributed by atoms with Crippen LogP contribution >= 0.6 is 0 Å². The van der Waals surface area contributed by atoms with Crippen LogP contribution in [0.25, 0.3) is 44.1 Å². The second kappa shape index (κ2) is 6.63. The fourth-order valence-electron chi connectivity index (χ4n) is 4.05. The van der Waals surface area contributed by atoms with Gasteiger partial charge < -0.3 is 14.5 Å². The van der Waals surface area contributed by atoms with E-state index in [1.54, 1.807) is 14.2 Å². The van der Waals surface area contributed by atoms with Crippen molar-refractivity contribution < 1.29 is 9.47 Å². The van der Waals surface area contributed by atoms with Crippen LogP contribution in [0.1, 0.15) is 0 Å². The highest BCUT2D eigenvalue weighted by atomic mass is 16.5. The van der Waals surface area contributed by atoms with E-state index in [0.29, 0.717) is 11.4 Å². The van der Waals surface area contributed by atoms with Gasteiger partial charge in [0.25, 0.3) is 0 Å². The molecule has 29 heavy (non-hydrogen) atoms. The zero-order valence-electron chi connectivity index (χ0n) is 16.0. The molecule has 1 N–H and O–H groups in total. The summed E-state index contributed by atoms with van der Waals surface area (Å²) in [7, 11) is 3.26. The Balaban J connectivity index is 1.96. The molecular weight excluding hydrogens is 364 g/mol. The second-order valence-corrected chi connectivity index (χ2v) is 6.88. The first-order valence-electron chi connectivity index (χ1n) is 9.27.